The van der Waals surface area contributed by atoms with Crippen LogP contribution in [0.2, 0.25) is 0 Å². The fourth-order valence-electron chi connectivity index (χ4n) is 1.48. The first-order valence-electron chi connectivity index (χ1n) is 6.17. The van der Waals surface area contributed by atoms with Crippen LogP contribution >= 0.6 is 0 Å². The number of ether oxygens (including phenoxy) is 1. The molecule has 3 nitrogen and oxygen atoms in total. The molecule has 1 aromatic carbocycles. The van der Waals surface area contributed by atoms with Gasteiger partial charge in [-0.1, -0.05) is 19.1 Å². The van der Waals surface area contributed by atoms with Crippen molar-refractivity contribution in [1.29, 1.82) is 0 Å². The quantitative estimate of drug-likeness (QED) is 0.738. The van der Waals surface area contributed by atoms with Crippen molar-refractivity contribution in [2.75, 3.05) is 13.2 Å². The van der Waals surface area contributed by atoms with Gasteiger partial charge in [0.2, 0.25) is 0 Å². The molecule has 0 heterocycles. The predicted octanol–water partition coefficient (Wildman–Crippen LogP) is 2.66. The molecule has 17 heavy (non-hydrogen) atoms. The summed E-state index contributed by atoms with van der Waals surface area (Å²) in [7, 11) is 0. The second-order valence-electron chi connectivity index (χ2n) is 4.04. The third-order valence-corrected chi connectivity index (χ3v) is 2.71. The summed E-state index contributed by atoms with van der Waals surface area (Å²) in [5.74, 6) is 0.750. The molecule has 0 aromatic heterocycles. The molecule has 0 bridgehead atoms. The van der Waals surface area contributed by atoms with Crippen molar-refractivity contribution >= 4 is 5.78 Å². The Hall–Kier alpha value is -1.35. The van der Waals surface area contributed by atoms with E-state index in [4.69, 9.17) is 4.74 Å². The van der Waals surface area contributed by atoms with E-state index in [0.29, 0.717) is 30.5 Å². The largest absolute Gasteiger partial charge is 0.493 e. The van der Waals surface area contributed by atoms with Crippen molar-refractivity contribution in [1.82, 2.24) is 5.32 Å². The second-order valence-corrected chi connectivity index (χ2v) is 4.04. The summed E-state index contributed by atoms with van der Waals surface area (Å²) in [5.41, 5.74) is 0.658. The van der Waals surface area contributed by atoms with E-state index < -0.39 is 0 Å². The normalized spacial score (nSPS) is 12.2. The molecule has 0 saturated carbocycles. The molecule has 1 N–H and O–H groups in total. The molecule has 0 aliphatic rings. The van der Waals surface area contributed by atoms with Crippen molar-refractivity contribution in [3.8, 4) is 5.75 Å². The van der Waals surface area contributed by atoms with Crippen LogP contribution in [-0.2, 0) is 0 Å². The monoisotopic (exact) mass is 235 g/mol. The SMILES string of the molecule is CCOc1ccccc1C(=O)CNC(C)CC. The Bertz CT molecular complexity index is 363. The number of ketones is 1. The maximum absolute atomic E-state index is 12.0. The summed E-state index contributed by atoms with van der Waals surface area (Å²) in [6, 6.07) is 7.74. The van der Waals surface area contributed by atoms with Gasteiger partial charge in [-0.3, -0.25) is 4.79 Å². The second kappa shape index (κ2) is 7.07. The Balaban J connectivity index is 2.67. The van der Waals surface area contributed by atoms with E-state index in [1.165, 1.54) is 0 Å². The lowest BCUT2D eigenvalue weighted by Crippen LogP contribution is -2.31. The molecule has 3 heteroatoms. The Morgan fingerprint density at radius 2 is 2.06 bits per heavy atom. The lowest BCUT2D eigenvalue weighted by molar-refractivity contribution is 0.0984. The number of Topliss-reactive ketones (excluding diaryl/α,β-unsaturated/α-hetero) is 1. The van der Waals surface area contributed by atoms with Crippen LogP contribution in [0.1, 0.15) is 37.6 Å². The standard InChI is InChI=1S/C14H21NO2/c1-4-11(3)15-10-13(16)12-8-6-7-9-14(12)17-5-2/h6-9,11,15H,4-5,10H2,1-3H3. The molecule has 94 valence electrons. The lowest BCUT2D eigenvalue weighted by Gasteiger charge is -2.12. The van der Waals surface area contributed by atoms with Crippen LogP contribution in [0, 0.1) is 0 Å². The Labute approximate surface area is 103 Å². The number of nitrogens with one attached hydrogen (secondary N) is 1. The van der Waals surface area contributed by atoms with Crippen LogP contribution in [-0.4, -0.2) is 25.0 Å². The van der Waals surface area contributed by atoms with Crippen LogP contribution in [0.25, 0.3) is 0 Å². The van der Waals surface area contributed by atoms with E-state index in [9.17, 15) is 4.79 Å². The van der Waals surface area contributed by atoms with Gasteiger partial charge in [0.05, 0.1) is 18.7 Å². The first kappa shape index (κ1) is 13.7. The number of rotatable bonds is 7. The summed E-state index contributed by atoms with van der Waals surface area (Å²) in [5, 5.41) is 3.19. The average molecular weight is 235 g/mol. The van der Waals surface area contributed by atoms with Gasteiger partial charge in [0.15, 0.2) is 5.78 Å². The molecule has 0 aliphatic heterocycles. The molecule has 1 aromatic rings. The number of para-hydroxylation sites is 1. The van der Waals surface area contributed by atoms with Crippen LogP contribution in [0.5, 0.6) is 5.75 Å². The molecule has 0 fully saturated rings. The van der Waals surface area contributed by atoms with Gasteiger partial charge in [-0.25, -0.2) is 0 Å². The van der Waals surface area contributed by atoms with Crippen molar-refractivity contribution in [3.05, 3.63) is 29.8 Å². The van der Waals surface area contributed by atoms with Gasteiger partial charge in [0.1, 0.15) is 5.75 Å². The highest BCUT2D eigenvalue weighted by molar-refractivity contribution is 6.00. The summed E-state index contributed by atoms with van der Waals surface area (Å²) in [6.45, 7) is 7.01. The summed E-state index contributed by atoms with van der Waals surface area (Å²) in [6.07, 6.45) is 1.01. The average Bonchev–Trinajstić information content (AvgIpc) is 2.36. The highest BCUT2D eigenvalue weighted by Gasteiger charge is 2.12. The molecule has 0 saturated heterocycles. The molecule has 1 atom stereocenters. The Morgan fingerprint density at radius 1 is 1.35 bits per heavy atom. The maximum atomic E-state index is 12.0. The van der Waals surface area contributed by atoms with Crippen molar-refractivity contribution in [2.45, 2.75) is 33.2 Å². The zero-order chi connectivity index (χ0) is 12.7. The van der Waals surface area contributed by atoms with Gasteiger partial charge in [0, 0.05) is 6.04 Å². The molecule has 1 unspecified atom stereocenters. The smallest absolute Gasteiger partial charge is 0.180 e. The maximum Gasteiger partial charge on any atom is 0.180 e. The molecular weight excluding hydrogens is 214 g/mol. The van der Waals surface area contributed by atoms with Gasteiger partial charge in [-0.05, 0) is 32.4 Å². The number of hydrogen-bond acceptors (Lipinski definition) is 3. The van der Waals surface area contributed by atoms with Gasteiger partial charge < -0.3 is 10.1 Å². The predicted molar refractivity (Wildman–Crippen MR) is 69.7 cm³/mol. The Morgan fingerprint density at radius 3 is 2.71 bits per heavy atom. The van der Waals surface area contributed by atoms with Crippen LogP contribution in [0.4, 0.5) is 0 Å². The minimum atomic E-state index is 0.0781. The fraction of sp³-hybridized carbons (Fsp3) is 0.500. The van der Waals surface area contributed by atoms with E-state index in [-0.39, 0.29) is 5.78 Å². The lowest BCUT2D eigenvalue weighted by atomic mass is 10.1. The van der Waals surface area contributed by atoms with Gasteiger partial charge in [-0.15, -0.1) is 0 Å². The number of hydrogen-bond donors (Lipinski definition) is 1. The number of carbonyl (C=O) groups excluding carboxylic acids is 1. The summed E-state index contributed by atoms with van der Waals surface area (Å²) < 4.78 is 5.44. The molecule has 1 rings (SSSR count). The van der Waals surface area contributed by atoms with Crippen molar-refractivity contribution in [3.63, 3.8) is 0 Å². The van der Waals surface area contributed by atoms with Gasteiger partial charge >= 0.3 is 0 Å². The molecule has 0 spiro atoms. The highest BCUT2D eigenvalue weighted by atomic mass is 16.5. The number of carbonyl (C=O) groups is 1. The van der Waals surface area contributed by atoms with Crippen molar-refractivity contribution in [2.24, 2.45) is 0 Å². The molecule has 0 amide bonds. The van der Waals surface area contributed by atoms with E-state index in [0.717, 1.165) is 6.42 Å². The van der Waals surface area contributed by atoms with Gasteiger partial charge in [0.25, 0.3) is 0 Å². The zero-order valence-electron chi connectivity index (χ0n) is 10.8. The summed E-state index contributed by atoms with van der Waals surface area (Å²) in [4.78, 5) is 12.0. The first-order chi connectivity index (χ1) is 8.19. The zero-order valence-corrected chi connectivity index (χ0v) is 10.8. The van der Waals surface area contributed by atoms with E-state index >= 15 is 0 Å². The Kier molecular flexibility index (Phi) is 5.70. The number of benzene rings is 1. The van der Waals surface area contributed by atoms with Gasteiger partial charge in [-0.2, -0.15) is 0 Å². The van der Waals surface area contributed by atoms with Crippen LogP contribution in [0.3, 0.4) is 0 Å². The third kappa shape index (κ3) is 4.19. The van der Waals surface area contributed by atoms with E-state index in [1.54, 1.807) is 0 Å². The first-order valence-corrected chi connectivity index (χ1v) is 6.17. The molecule has 0 radical (unpaired) electrons. The van der Waals surface area contributed by atoms with E-state index in [1.807, 2.05) is 31.2 Å². The van der Waals surface area contributed by atoms with E-state index in [2.05, 4.69) is 19.2 Å². The highest BCUT2D eigenvalue weighted by Crippen LogP contribution is 2.18. The van der Waals surface area contributed by atoms with Crippen molar-refractivity contribution < 1.29 is 9.53 Å². The molecular formula is C14H21NO2. The fourth-order valence-corrected chi connectivity index (χ4v) is 1.48. The third-order valence-electron chi connectivity index (χ3n) is 2.71. The van der Waals surface area contributed by atoms with Crippen LogP contribution in [0.15, 0.2) is 24.3 Å². The molecule has 0 aliphatic carbocycles. The minimum absolute atomic E-state index is 0.0781. The minimum Gasteiger partial charge on any atom is -0.493 e. The summed E-state index contributed by atoms with van der Waals surface area (Å²) >= 11 is 0. The van der Waals surface area contributed by atoms with Crippen LogP contribution < -0.4 is 10.1 Å². The topological polar surface area (TPSA) is 38.3 Å².